The summed E-state index contributed by atoms with van der Waals surface area (Å²) in [5.74, 6) is -0.706. The summed E-state index contributed by atoms with van der Waals surface area (Å²) in [6.45, 7) is 0. The third kappa shape index (κ3) is 3.59. The fraction of sp³-hybridized carbons (Fsp3) is 0.0588. The minimum atomic E-state index is -0.675. The van der Waals surface area contributed by atoms with Gasteiger partial charge in [0.15, 0.2) is 10.1 Å². The van der Waals surface area contributed by atoms with Gasteiger partial charge in [-0.3, -0.25) is 19.8 Å². The van der Waals surface area contributed by atoms with Gasteiger partial charge in [-0.15, -0.1) is 11.8 Å². The smallest absolute Gasteiger partial charge is 0.311 e. The number of thioether (sulfide) groups is 2. The molecule has 0 spiro atoms. The van der Waals surface area contributed by atoms with Crippen LogP contribution in [0.1, 0.15) is 5.56 Å². The van der Waals surface area contributed by atoms with Gasteiger partial charge in [-0.25, -0.2) is 0 Å². The Morgan fingerprint density at radius 2 is 2.08 bits per heavy atom. The molecule has 1 N–H and O–H groups in total. The lowest BCUT2D eigenvalue weighted by Gasteiger charge is -2.15. The quantitative estimate of drug-likeness (QED) is 0.265. The number of nitrogens with zero attached hydrogens (tertiary/aromatic N) is 2. The van der Waals surface area contributed by atoms with Crippen molar-refractivity contribution < 1.29 is 14.8 Å². The normalized spacial score (nSPS) is 15.7. The van der Waals surface area contributed by atoms with Crippen LogP contribution in [0.15, 0.2) is 52.3 Å². The van der Waals surface area contributed by atoms with Crippen LogP contribution in [0.5, 0.6) is 5.75 Å². The maximum atomic E-state index is 12.8. The van der Waals surface area contributed by atoms with E-state index in [0.717, 1.165) is 16.7 Å². The highest BCUT2D eigenvalue weighted by Crippen LogP contribution is 2.37. The van der Waals surface area contributed by atoms with Gasteiger partial charge in [0.1, 0.15) is 0 Å². The van der Waals surface area contributed by atoms with Crippen LogP contribution in [0.2, 0.25) is 0 Å². The Morgan fingerprint density at radius 3 is 2.77 bits per heavy atom. The van der Waals surface area contributed by atoms with Gasteiger partial charge in [-0.05, 0) is 42.2 Å². The molecule has 26 heavy (non-hydrogen) atoms. The largest absolute Gasteiger partial charge is 0.502 e. The standard InChI is InChI=1S/C17H12N2O4S3/c1-25-12-4-2-3-11(9-12)18-16(21)15(26-17(18)24)8-10-5-6-14(20)13(7-10)19(22)23/h2-9,20H,1H3/b15-8+. The molecule has 0 radical (unpaired) electrons. The van der Waals surface area contributed by atoms with Crippen molar-refractivity contribution in [2.45, 2.75) is 4.90 Å². The van der Waals surface area contributed by atoms with Crippen LogP contribution in [-0.4, -0.2) is 26.5 Å². The molecule has 3 rings (SSSR count). The van der Waals surface area contributed by atoms with E-state index in [1.54, 1.807) is 17.8 Å². The van der Waals surface area contributed by atoms with Gasteiger partial charge in [0.2, 0.25) is 0 Å². The molecule has 1 aliphatic rings. The highest BCUT2D eigenvalue weighted by atomic mass is 32.2. The van der Waals surface area contributed by atoms with Crippen LogP contribution in [-0.2, 0) is 4.79 Å². The van der Waals surface area contributed by atoms with E-state index < -0.39 is 16.4 Å². The van der Waals surface area contributed by atoms with Crippen LogP contribution in [0.25, 0.3) is 6.08 Å². The number of nitro groups is 1. The number of carbonyl (C=O) groups excluding carboxylic acids is 1. The van der Waals surface area contributed by atoms with Crippen molar-refractivity contribution >= 4 is 63.4 Å². The third-order valence-electron chi connectivity index (χ3n) is 3.60. The van der Waals surface area contributed by atoms with Crippen molar-refractivity contribution in [1.29, 1.82) is 0 Å². The fourth-order valence-corrected chi connectivity index (χ4v) is 4.12. The Balaban J connectivity index is 1.95. The van der Waals surface area contributed by atoms with Crippen LogP contribution in [0.4, 0.5) is 11.4 Å². The monoisotopic (exact) mass is 404 g/mol. The maximum absolute atomic E-state index is 12.8. The second kappa shape index (κ2) is 7.48. The number of nitro benzene ring substituents is 1. The molecular formula is C17H12N2O4S3. The molecule has 1 saturated heterocycles. The van der Waals surface area contributed by atoms with Crippen molar-refractivity contribution in [3.63, 3.8) is 0 Å². The first kappa shape index (κ1) is 18.4. The van der Waals surface area contributed by atoms with Crippen LogP contribution in [0, 0.1) is 10.1 Å². The van der Waals surface area contributed by atoms with Gasteiger partial charge in [0, 0.05) is 11.0 Å². The molecule has 2 aromatic carbocycles. The number of phenols is 1. The summed E-state index contributed by atoms with van der Waals surface area (Å²) >= 11 is 8.03. The number of hydrogen-bond donors (Lipinski definition) is 1. The van der Waals surface area contributed by atoms with Crippen LogP contribution in [0.3, 0.4) is 0 Å². The third-order valence-corrected chi connectivity index (χ3v) is 5.63. The zero-order valence-corrected chi connectivity index (χ0v) is 15.9. The van der Waals surface area contributed by atoms with E-state index in [1.165, 1.54) is 29.2 Å². The van der Waals surface area contributed by atoms with Gasteiger partial charge in [0.05, 0.1) is 15.5 Å². The molecule has 1 amide bonds. The predicted octanol–water partition coefficient (Wildman–Crippen LogP) is 4.43. The maximum Gasteiger partial charge on any atom is 0.311 e. The molecule has 0 saturated carbocycles. The molecule has 9 heteroatoms. The van der Waals surface area contributed by atoms with Crippen molar-refractivity contribution in [2.24, 2.45) is 0 Å². The number of carbonyl (C=O) groups is 1. The van der Waals surface area contributed by atoms with Gasteiger partial charge >= 0.3 is 5.69 Å². The Labute approximate surface area is 163 Å². The second-order valence-electron chi connectivity index (χ2n) is 5.22. The van der Waals surface area contributed by atoms with E-state index in [4.69, 9.17) is 12.2 Å². The average Bonchev–Trinajstić information content (AvgIpc) is 2.90. The molecule has 132 valence electrons. The number of aromatic hydroxyl groups is 1. The Bertz CT molecular complexity index is 959. The summed E-state index contributed by atoms with van der Waals surface area (Å²) in [5, 5.41) is 20.5. The minimum absolute atomic E-state index is 0.283. The molecule has 1 fully saturated rings. The molecule has 0 bridgehead atoms. The van der Waals surface area contributed by atoms with E-state index in [-0.39, 0.29) is 5.91 Å². The Morgan fingerprint density at radius 1 is 1.31 bits per heavy atom. The number of phenolic OH excluding ortho intramolecular Hbond substituents is 1. The van der Waals surface area contributed by atoms with Crippen molar-refractivity contribution in [3.8, 4) is 5.75 Å². The lowest BCUT2D eigenvalue weighted by molar-refractivity contribution is -0.385. The summed E-state index contributed by atoms with van der Waals surface area (Å²) in [7, 11) is 0. The summed E-state index contributed by atoms with van der Waals surface area (Å²) in [6.07, 6.45) is 3.48. The fourth-order valence-electron chi connectivity index (χ4n) is 2.37. The Hall–Kier alpha value is -2.36. The van der Waals surface area contributed by atoms with Gasteiger partial charge in [0.25, 0.3) is 5.91 Å². The summed E-state index contributed by atoms with van der Waals surface area (Å²) in [6, 6.07) is 11.4. The Kier molecular flexibility index (Phi) is 5.30. The summed E-state index contributed by atoms with van der Waals surface area (Å²) in [4.78, 5) is 25.9. The molecular weight excluding hydrogens is 392 g/mol. The number of amides is 1. The summed E-state index contributed by atoms with van der Waals surface area (Å²) in [5.41, 5.74) is 0.703. The number of hydrogen-bond acceptors (Lipinski definition) is 7. The van der Waals surface area contributed by atoms with Crippen LogP contribution < -0.4 is 4.90 Å². The molecule has 6 nitrogen and oxygen atoms in total. The van der Waals surface area contributed by atoms with Crippen LogP contribution >= 0.6 is 35.7 Å². The van der Waals surface area contributed by atoms with Crippen molar-refractivity contribution in [1.82, 2.24) is 0 Å². The number of thiocarbonyl (C=S) groups is 1. The lowest BCUT2D eigenvalue weighted by Crippen LogP contribution is -2.27. The molecule has 0 aliphatic carbocycles. The molecule has 0 atom stereocenters. The average molecular weight is 404 g/mol. The van der Waals surface area contributed by atoms with E-state index >= 15 is 0 Å². The SMILES string of the molecule is CSc1cccc(N2C(=O)/C(=C\c3ccc(O)c([N+](=O)[O-])c3)SC2=S)c1. The molecule has 1 aliphatic heterocycles. The highest BCUT2D eigenvalue weighted by molar-refractivity contribution is 8.27. The van der Waals surface area contributed by atoms with Gasteiger partial charge < -0.3 is 5.11 Å². The van der Waals surface area contributed by atoms with Gasteiger partial charge in [-0.2, -0.15) is 0 Å². The van der Waals surface area contributed by atoms with Gasteiger partial charge in [-0.1, -0.05) is 36.1 Å². The first-order valence-electron chi connectivity index (χ1n) is 7.30. The minimum Gasteiger partial charge on any atom is -0.502 e. The lowest BCUT2D eigenvalue weighted by atomic mass is 10.1. The number of benzene rings is 2. The molecule has 0 unspecified atom stereocenters. The molecule has 1 heterocycles. The topological polar surface area (TPSA) is 83.7 Å². The van der Waals surface area contributed by atoms with E-state index in [9.17, 15) is 20.0 Å². The van der Waals surface area contributed by atoms with E-state index in [0.29, 0.717) is 20.5 Å². The van der Waals surface area contributed by atoms with E-state index in [2.05, 4.69) is 0 Å². The summed E-state index contributed by atoms with van der Waals surface area (Å²) < 4.78 is 0.396. The highest BCUT2D eigenvalue weighted by Gasteiger charge is 2.33. The molecule has 2 aromatic rings. The molecule has 0 aromatic heterocycles. The first-order valence-corrected chi connectivity index (χ1v) is 9.75. The second-order valence-corrected chi connectivity index (χ2v) is 7.78. The number of anilines is 1. The van der Waals surface area contributed by atoms with Crippen molar-refractivity contribution in [2.75, 3.05) is 11.2 Å². The zero-order chi connectivity index (χ0) is 18.8. The van der Waals surface area contributed by atoms with E-state index in [1.807, 2.05) is 24.5 Å². The zero-order valence-electron chi connectivity index (χ0n) is 13.4. The number of rotatable bonds is 4. The van der Waals surface area contributed by atoms with Crippen molar-refractivity contribution in [3.05, 3.63) is 63.0 Å². The first-order chi connectivity index (χ1) is 12.4. The predicted molar refractivity (Wildman–Crippen MR) is 109 cm³/mol.